The van der Waals surface area contributed by atoms with Gasteiger partial charge >= 0.3 is 6.03 Å². The number of aryl methyl sites for hydroxylation is 1. The molecular formula is C19H16N2O3. The molecule has 4 amide bonds. The molecule has 0 spiro atoms. The number of urea groups is 1. The van der Waals surface area contributed by atoms with Crippen LogP contribution in [0.5, 0.6) is 0 Å². The second-order valence-corrected chi connectivity index (χ2v) is 5.39. The molecule has 5 nitrogen and oxygen atoms in total. The molecule has 0 aromatic heterocycles. The Morgan fingerprint density at radius 2 is 1.62 bits per heavy atom. The molecule has 0 unspecified atom stereocenters. The first-order valence-corrected chi connectivity index (χ1v) is 7.65. The molecule has 3 rings (SSSR count). The number of hydrogen-bond donors (Lipinski definition) is 1. The molecule has 0 radical (unpaired) electrons. The van der Waals surface area contributed by atoms with Crippen molar-refractivity contribution in [1.82, 2.24) is 5.32 Å². The summed E-state index contributed by atoms with van der Waals surface area (Å²) in [7, 11) is 0. The van der Waals surface area contributed by atoms with Crippen molar-refractivity contribution in [3.05, 3.63) is 71.3 Å². The first kappa shape index (κ1) is 15.7. The SMILES string of the molecule is CCc1ccc(C=C2C(=O)NC(=O)N(c3ccccc3)C2=O)cc1. The summed E-state index contributed by atoms with van der Waals surface area (Å²) in [5.74, 6) is -1.31. The maximum Gasteiger partial charge on any atom is 0.335 e. The zero-order chi connectivity index (χ0) is 17.1. The molecule has 0 aliphatic carbocycles. The topological polar surface area (TPSA) is 66.5 Å². The Hall–Kier alpha value is -3.21. The smallest absolute Gasteiger partial charge is 0.273 e. The van der Waals surface area contributed by atoms with E-state index in [1.54, 1.807) is 30.3 Å². The van der Waals surface area contributed by atoms with Gasteiger partial charge in [0.25, 0.3) is 11.8 Å². The number of para-hydroxylation sites is 1. The monoisotopic (exact) mass is 320 g/mol. The number of carbonyl (C=O) groups is 3. The van der Waals surface area contributed by atoms with E-state index in [1.165, 1.54) is 6.08 Å². The van der Waals surface area contributed by atoms with E-state index in [1.807, 2.05) is 24.3 Å². The lowest BCUT2D eigenvalue weighted by Gasteiger charge is -2.26. The highest BCUT2D eigenvalue weighted by atomic mass is 16.2. The second kappa shape index (κ2) is 6.50. The van der Waals surface area contributed by atoms with Crippen molar-refractivity contribution < 1.29 is 14.4 Å². The van der Waals surface area contributed by atoms with Crippen LogP contribution in [0, 0.1) is 0 Å². The van der Waals surface area contributed by atoms with Gasteiger partial charge in [0.15, 0.2) is 0 Å². The first-order chi connectivity index (χ1) is 11.6. The lowest BCUT2D eigenvalue weighted by molar-refractivity contribution is -0.122. The van der Waals surface area contributed by atoms with Crippen LogP contribution in [0.2, 0.25) is 0 Å². The van der Waals surface area contributed by atoms with Gasteiger partial charge in [0.1, 0.15) is 5.57 Å². The van der Waals surface area contributed by atoms with Gasteiger partial charge in [-0.25, -0.2) is 9.69 Å². The number of carbonyl (C=O) groups excluding carboxylic acids is 3. The van der Waals surface area contributed by atoms with Crippen LogP contribution in [-0.4, -0.2) is 17.8 Å². The number of rotatable bonds is 3. The summed E-state index contributed by atoms with van der Waals surface area (Å²) in [5.41, 5.74) is 2.24. The van der Waals surface area contributed by atoms with E-state index in [0.29, 0.717) is 5.69 Å². The van der Waals surface area contributed by atoms with Gasteiger partial charge in [-0.2, -0.15) is 0 Å². The van der Waals surface area contributed by atoms with Crippen molar-refractivity contribution in [2.45, 2.75) is 13.3 Å². The molecule has 1 aliphatic heterocycles. The molecule has 0 saturated carbocycles. The quantitative estimate of drug-likeness (QED) is 0.698. The fourth-order valence-electron chi connectivity index (χ4n) is 2.49. The Morgan fingerprint density at radius 1 is 0.958 bits per heavy atom. The number of anilines is 1. The standard InChI is InChI=1S/C19H16N2O3/c1-2-13-8-10-14(11-9-13)12-16-17(22)20-19(24)21(18(16)23)15-6-4-3-5-7-15/h3-12H,2H2,1H3,(H,20,22,24). The molecule has 1 aliphatic rings. The third kappa shape index (κ3) is 2.96. The van der Waals surface area contributed by atoms with Crippen LogP contribution in [-0.2, 0) is 16.0 Å². The Balaban J connectivity index is 1.97. The van der Waals surface area contributed by atoms with E-state index in [9.17, 15) is 14.4 Å². The highest BCUT2D eigenvalue weighted by Gasteiger charge is 2.36. The van der Waals surface area contributed by atoms with Crippen molar-refractivity contribution in [2.75, 3.05) is 4.90 Å². The third-order valence-electron chi connectivity index (χ3n) is 3.82. The molecule has 1 fully saturated rings. The van der Waals surface area contributed by atoms with E-state index >= 15 is 0 Å². The van der Waals surface area contributed by atoms with Crippen molar-refractivity contribution in [1.29, 1.82) is 0 Å². The van der Waals surface area contributed by atoms with Gasteiger partial charge in [-0.3, -0.25) is 14.9 Å². The summed E-state index contributed by atoms with van der Waals surface area (Å²) in [5, 5.41) is 2.21. The molecule has 2 aromatic rings. The van der Waals surface area contributed by atoms with Crippen molar-refractivity contribution in [2.24, 2.45) is 0 Å². The number of benzene rings is 2. The third-order valence-corrected chi connectivity index (χ3v) is 3.82. The van der Waals surface area contributed by atoms with Crippen LogP contribution < -0.4 is 10.2 Å². The average molecular weight is 320 g/mol. The fraction of sp³-hybridized carbons (Fsp3) is 0.105. The number of barbiturate groups is 1. The van der Waals surface area contributed by atoms with Crippen LogP contribution in [0.3, 0.4) is 0 Å². The van der Waals surface area contributed by atoms with Crippen LogP contribution in [0.4, 0.5) is 10.5 Å². The van der Waals surface area contributed by atoms with Crippen molar-refractivity contribution in [3.8, 4) is 0 Å². The molecule has 0 atom stereocenters. The van der Waals surface area contributed by atoms with Gasteiger partial charge in [-0.15, -0.1) is 0 Å². The minimum absolute atomic E-state index is 0.0669. The number of nitrogens with zero attached hydrogens (tertiary/aromatic N) is 1. The van der Waals surface area contributed by atoms with Gasteiger partial charge in [-0.1, -0.05) is 49.4 Å². The predicted molar refractivity (Wildman–Crippen MR) is 91.3 cm³/mol. The molecule has 24 heavy (non-hydrogen) atoms. The molecular weight excluding hydrogens is 304 g/mol. The van der Waals surface area contributed by atoms with Crippen molar-refractivity contribution in [3.63, 3.8) is 0 Å². The molecule has 1 N–H and O–H groups in total. The minimum Gasteiger partial charge on any atom is -0.273 e. The van der Waals surface area contributed by atoms with E-state index in [4.69, 9.17) is 0 Å². The summed E-state index contributed by atoms with van der Waals surface area (Å²) in [6.45, 7) is 2.05. The number of hydrogen-bond acceptors (Lipinski definition) is 3. The molecule has 1 saturated heterocycles. The van der Waals surface area contributed by atoms with Crippen molar-refractivity contribution >= 4 is 29.6 Å². The summed E-state index contributed by atoms with van der Waals surface area (Å²) in [6.07, 6.45) is 2.41. The second-order valence-electron chi connectivity index (χ2n) is 5.39. The van der Waals surface area contributed by atoms with E-state index in [-0.39, 0.29) is 5.57 Å². The minimum atomic E-state index is -0.741. The Labute approximate surface area is 139 Å². The van der Waals surface area contributed by atoms with E-state index in [2.05, 4.69) is 12.2 Å². The summed E-state index contributed by atoms with van der Waals surface area (Å²) in [6, 6.07) is 15.3. The highest BCUT2D eigenvalue weighted by Crippen LogP contribution is 2.21. The zero-order valence-electron chi connectivity index (χ0n) is 13.2. The van der Waals surface area contributed by atoms with Gasteiger partial charge in [-0.05, 0) is 35.8 Å². The normalized spacial score (nSPS) is 16.5. The maximum absolute atomic E-state index is 12.7. The number of imide groups is 2. The molecule has 120 valence electrons. The van der Waals surface area contributed by atoms with Crippen LogP contribution >= 0.6 is 0 Å². The molecule has 2 aromatic carbocycles. The Morgan fingerprint density at radius 3 is 2.25 bits per heavy atom. The Kier molecular flexibility index (Phi) is 4.24. The predicted octanol–water partition coefficient (Wildman–Crippen LogP) is 2.92. The Bertz CT molecular complexity index is 823. The van der Waals surface area contributed by atoms with Gasteiger partial charge < -0.3 is 0 Å². The number of nitrogens with one attached hydrogen (secondary N) is 1. The van der Waals surface area contributed by atoms with E-state index in [0.717, 1.165) is 22.4 Å². The van der Waals surface area contributed by atoms with Gasteiger partial charge in [0.2, 0.25) is 0 Å². The van der Waals surface area contributed by atoms with Crippen LogP contribution in [0.15, 0.2) is 60.2 Å². The van der Waals surface area contributed by atoms with Crippen LogP contribution in [0.25, 0.3) is 6.08 Å². The summed E-state index contributed by atoms with van der Waals surface area (Å²) in [4.78, 5) is 37.7. The lowest BCUT2D eigenvalue weighted by Crippen LogP contribution is -2.54. The molecule has 0 bridgehead atoms. The lowest BCUT2D eigenvalue weighted by atomic mass is 10.0. The van der Waals surface area contributed by atoms with Gasteiger partial charge in [0, 0.05) is 0 Å². The zero-order valence-corrected chi connectivity index (χ0v) is 13.2. The highest BCUT2D eigenvalue weighted by molar-refractivity contribution is 6.39. The van der Waals surface area contributed by atoms with E-state index < -0.39 is 17.8 Å². The summed E-state index contributed by atoms with van der Waals surface area (Å²) < 4.78 is 0. The maximum atomic E-state index is 12.7. The van der Waals surface area contributed by atoms with Crippen LogP contribution in [0.1, 0.15) is 18.1 Å². The number of amides is 4. The first-order valence-electron chi connectivity index (χ1n) is 7.65. The largest absolute Gasteiger partial charge is 0.335 e. The average Bonchev–Trinajstić information content (AvgIpc) is 2.60. The molecule has 5 heteroatoms. The summed E-state index contributed by atoms with van der Waals surface area (Å²) >= 11 is 0. The molecule has 1 heterocycles. The van der Waals surface area contributed by atoms with Gasteiger partial charge in [0.05, 0.1) is 5.69 Å². The fourth-order valence-corrected chi connectivity index (χ4v) is 2.49.